The summed E-state index contributed by atoms with van der Waals surface area (Å²) in [5.74, 6) is -7.10. The number of carbonyl (C=O) groups is 2. The second-order valence-electron chi connectivity index (χ2n) is 9.48. The monoisotopic (exact) mass is 832 g/mol. The summed E-state index contributed by atoms with van der Waals surface area (Å²) in [5.41, 5.74) is -3.10. The van der Waals surface area contributed by atoms with Gasteiger partial charge in [0, 0.05) is 9.79 Å². The molecule has 0 amide bonds. The molecule has 4 aromatic rings. The van der Waals surface area contributed by atoms with Crippen molar-refractivity contribution < 1.29 is 191 Å². The molecule has 0 saturated carbocycles. The average Bonchev–Trinajstić information content (AvgIpc) is 2.97. The van der Waals surface area contributed by atoms with Gasteiger partial charge in [0.1, 0.15) is 20.2 Å². The number of hydrogen-bond acceptors (Lipinski definition) is 14. The fourth-order valence-corrected chi connectivity index (χ4v) is 7.39. The number of anilines is 2. The molecule has 0 fully saturated rings. The minimum absolute atomic E-state index is 0. The van der Waals surface area contributed by atoms with Crippen LogP contribution in [-0.4, -0.2) is 64.9 Å². The maximum Gasteiger partial charge on any atom is 1.00 e. The summed E-state index contributed by atoms with van der Waals surface area (Å²) in [6.07, 6.45) is 0. The molecule has 0 heterocycles. The predicted octanol–water partition coefficient (Wildman–Crippen LogP) is -11.7. The topological polar surface area (TPSA) is 327 Å². The molecule has 0 aliphatic rings. The van der Waals surface area contributed by atoms with Crippen LogP contribution >= 0.6 is 0 Å². The number of benzene rings is 4. The number of hydrogen-bond donors (Lipinski definition) is 4. The molecule has 0 aliphatic heterocycles. The van der Waals surface area contributed by atoms with Crippen LogP contribution in [0.2, 0.25) is 0 Å². The summed E-state index contributed by atoms with van der Waals surface area (Å²) < 4.78 is 124. The van der Waals surface area contributed by atoms with Crippen LogP contribution in [-0.2, 0) is 40.3 Å². The molecule has 0 radical (unpaired) electrons. The Kier molecular flexibility index (Phi) is 18.6. The van der Waals surface area contributed by atoms with E-state index in [0.717, 1.165) is 24.3 Å². The second-order valence-corrected chi connectivity index (χ2v) is 15.5. The standard InChI is InChI=1S/C26H20N2O16S4.4Na/c29-23-19(25(31)32)9-15(11-21(23)47(39,40)41)27-45(35,36)17-5-1-13(2-6-17)14-3-7-18(8-4-14)46(37,38)28-16-10-20(26(33)34)24(30)22(12-16)48(42,43)44;;;;/h1-12,27-30H,(H,31,32)(H,33,34)(H,39,40,41)(H,42,43,44);;;;/q;4*+1/p-4. The molecular formula is C26H16N2Na4O16S4. The van der Waals surface area contributed by atoms with E-state index >= 15 is 0 Å². The first-order valence-electron chi connectivity index (χ1n) is 12.4. The van der Waals surface area contributed by atoms with Crippen LogP contribution in [0.25, 0.3) is 11.1 Å². The van der Waals surface area contributed by atoms with Crippen LogP contribution in [0.3, 0.4) is 0 Å². The molecule has 4 aromatic carbocycles. The van der Waals surface area contributed by atoms with E-state index in [-0.39, 0.29) is 118 Å². The number of rotatable bonds is 11. The number of aromatic carboxylic acids is 2. The largest absolute Gasteiger partial charge is 1.00 e. The van der Waals surface area contributed by atoms with Gasteiger partial charge in [-0.3, -0.25) is 9.44 Å². The van der Waals surface area contributed by atoms with Gasteiger partial charge in [0.25, 0.3) is 20.0 Å². The predicted molar refractivity (Wildman–Crippen MR) is 155 cm³/mol. The minimum Gasteiger partial charge on any atom is -0.871 e. The molecular weight excluding hydrogens is 817 g/mol. The Morgan fingerprint density at radius 1 is 0.500 bits per heavy atom. The van der Waals surface area contributed by atoms with Gasteiger partial charge in [0.15, 0.2) is 0 Å². The maximum absolute atomic E-state index is 12.9. The fourth-order valence-electron chi connectivity index (χ4n) is 4.09. The van der Waals surface area contributed by atoms with Crippen LogP contribution in [0.1, 0.15) is 20.7 Å². The SMILES string of the molecule is O=C(O)c1cc(NS(=O)(=O)c2ccc(-c3ccc(S(=O)(=O)Nc4cc(C(=O)O)c([O-])c(S(=O)(=O)[O-])c4)cc3)cc2)cc(S(=O)(=O)[O-])c1[O-].[Na+].[Na+].[Na+].[Na+]. The van der Waals surface area contributed by atoms with E-state index in [1.54, 1.807) is 0 Å². The molecule has 18 nitrogen and oxygen atoms in total. The molecule has 0 aliphatic carbocycles. The Hall–Kier alpha value is -1.26. The maximum atomic E-state index is 12.9. The Labute approximate surface area is 384 Å². The summed E-state index contributed by atoms with van der Waals surface area (Å²) in [7, 11) is -20.1. The third-order valence-corrected chi connectivity index (χ3v) is 10.8. The molecule has 0 atom stereocenters. The summed E-state index contributed by atoms with van der Waals surface area (Å²) in [5, 5.41) is 42.4. The third-order valence-electron chi connectivity index (χ3n) is 6.28. The molecule has 254 valence electrons. The first kappa shape index (κ1) is 50.7. The van der Waals surface area contributed by atoms with Crippen LogP contribution < -0.4 is 138 Å². The summed E-state index contributed by atoms with van der Waals surface area (Å²) in [6.45, 7) is 0. The molecule has 0 saturated heterocycles. The fraction of sp³-hybridized carbons (Fsp3) is 0. The average molecular weight is 833 g/mol. The summed E-state index contributed by atoms with van der Waals surface area (Å²) >= 11 is 0. The van der Waals surface area contributed by atoms with Crippen LogP contribution in [0.15, 0.2) is 92.4 Å². The van der Waals surface area contributed by atoms with Crippen molar-refractivity contribution in [2.24, 2.45) is 0 Å². The second kappa shape index (κ2) is 19.1. The van der Waals surface area contributed by atoms with Crippen LogP contribution in [0.4, 0.5) is 11.4 Å². The van der Waals surface area contributed by atoms with Gasteiger partial charge in [0.2, 0.25) is 0 Å². The van der Waals surface area contributed by atoms with Crippen molar-refractivity contribution in [3.05, 3.63) is 83.9 Å². The van der Waals surface area contributed by atoms with Crippen molar-refractivity contribution in [2.45, 2.75) is 19.6 Å². The van der Waals surface area contributed by atoms with E-state index in [4.69, 9.17) is 10.2 Å². The summed E-state index contributed by atoms with van der Waals surface area (Å²) in [6, 6.07) is 11.2. The Morgan fingerprint density at radius 2 is 0.769 bits per heavy atom. The van der Waals surface area contributed by atoms with E-state index in [0.29, 0.717) is 35.4 Å². The van der Waals surface area contributed by atoms with Crippen LogP contribution in [0, 0.1) is 0 Å². The van der Waals surface area contributed by atoms with E-state index in [9.17, 15) is 62.6 Å². The van der Waals surface area contributed by atoms with Crippen molar-refractivity contribution in [2.75, 3.05) is 9.44 Å². The number of nitrogens with one attached hydrogen (secondary N) is 2. The van der Waals surface area contributed by atoms with Crippen molar-refractivity contribution in [3.8, 4) is 22.6 Å². The van der Waals surface area contributed by atoms with E-state index in [1.165, 1.54) is 24.3 Å². The van der Waals surface area contributed by atoms with Gasteiger partial charge in [-0.1, -0.05) is 35.8 Å². The van der Waals surface area contributed by atoms with E-state index in [2.05, 4.69) is 0 Å². The number of carboxylic acids is 2. The zero-order valence-corrected chi connectivity index (χ0v) is 38.4. The molecule has 0 spiro atoms. The molecule has 0 bridgehead atoms. The van der Waals surface area contributed by atoms with Gasteiger partial charge < -0.3 is 29.5 Å². The molecule has 0 unspecified atom stereocenters. The minimum atomic E-state index is -5.48. The van der Waals surface area contributed by atoms with Crippen molar-refractivity contribution >= 4 is 63.6 Å². The van der Waals surface area contributed by atoms with E-state index in [1.807, 2.05) is 9.44 Å². The van der Waals surface area contributed by atoms with Crippen molar-refractivity contribution in [3.63, 3.8) is 0 Å². The number of carboxylic acid groups (broad SMARTS) is 2. The van der Waals surface area contributed by atoms with E-state index < -0.39 is 106 Å². The first-order chi connectivity index (χ1) is 22.0. The smallest absolute Gasteiger partial charge is 0.871 e. The molecule has 4 N–H and O–H groups in total. The van der Waals surface area contributed by atoms with Gasteiger partial charge in [-0.05, 0) is 59.7 Å². The van der Waals surface area contributed by atoms with Crippen LogP contribution in [0.5, 0.6) is 11.5 Å². The molecule has 52 heavy (non-hydrogen) atoms. The van der Waals surface area contributed by atoms with Gasteiger partial charge in [-0.25, -0.2) is 43.3 Å². The van der Waals surface area contributed by atoms with Crippen molar-refractivity contribution in [1.82, 2.24) is 0 Å². The third kappa shape index (κ3) is 11.9. The van der Waals surface area contributed by atoms with Gasteiger partial charge in [-0.15, -0.1) is 0 Å². The Bertz CT molecular complexity index is 2270. The molecule has 26 heteroatoms. The summed E-state index contributed by atoms with van der Waals surface area (Å²) in [4.78, 5) is 18.8. The molecule has 0 aromatic heterocycles. The van der Waals surface area contributed by atoms with Gasteiger partial charge in [0.05, 0.1) is 32.3 Å². The van der Waals surface area contributed by atoms with Gasteiger partial charge in [-0.2, -0.15) is 0 Å². The van der Waals surface area contributed by atoms with Gasteiger partial charge >= 0.3 is 130 Å². The Morgan fingerprint density at radius 3 is 1.00 bits per heavy atom. The zero-order chi connectivity index (χ0) is 36.0. The normalized spacial score (nSPS) is 11.3. The zero-order valence-electron chi connectivity index (χ0n) is 27.2. The van der Waals surface area contributed by atoms with Crippen molar-refractivity contribution in [1.29, 1.82) is 0 Å². The first-order valence-corrected chi connectivity index (χ1v) is 18.1. The Balaban J connectivity index is 0.00000650. The number of sulfonamides is 2. The quantitative estimate of drug-likeness (QED) is 0.0805. The molecule has 4 rings (SSSR count).